The van der Waals surface area contributed by atoms with Gasteiger partial charge in [0.05, 0.1) is 0 Å². The van der Waals surface area contributed by atoms with Crippen LogP contribution in [-0.2, 0) is 29.1 Å². The molecule has 0 spiro atoms. The number of phenolic OH excluding ortho intramolecular Hbond substituents is 2. The van der Waals surface area contributed by atoms with Crippen molar-refractivity contribution < 1.29 is 36.6 Å². The summed E-state index contributed by atoms with van der Waals surface area (Å²) in [7, 11) is 0. The Labute approximate surface area is 228 Å². The summed E-state index contributed by atoms with van der Waals surface area (Å²) in [6, 6.07) is 3.50. The SMILES string of the molecule is CCCc1cc(C(c2cc(CCC)c(O)c(C(C)(C)CC)c2)(C(F)(F)F)C(F)(F)F)cc(C(C)(C)CC)c1O. The predicted octanol–water partition coefficient (Wildman–Crippen LogP) is 9.79. The number of hydrogen-bond donors (Lipinski definition) is 2. The van der Waals surface area contributed by atoms with Crippen molar-refractivity contribution in [3.63, 3.8) is 0 Å². The first kappa shape index (κ1) is 32.8. The number of alkyl halides is 6. The van der Waals surface area contributed by atoms with Gasteiger partial charge in [0, 0.05) is 11.1 Å². The van der Waals surface area contributed by atoms with Crippen LogP contribution in [0.4, 0.5) is 26.3 Å². The molecule has 2 N–H and O–H groups in total. The zero-order chi connectivity index (χ0) is 30.2. The minimum atomic E-state index is -5.78. The minimum absolute atomic E-state index is 0.0468. The lowest BCUT2D eigenvalue weighted by molar-refractivity contribution is -0.288. The normalized spacial score (nSPS) is 13.7. The lowest BCUT2D eigenvalue weighted by atomic mass is 9.68. The molecule has 0 aliphatic heterocycles. The average Bonchev–Trinajstić information content (AvgIpc) is 2.81. The summed E-state index contributed by atoms with van der Waals surface area (Å²) in [5.41, 5.74) is -7.92. The average molecular weight is 561 g/mol. The third-order valence-corrected chi connectivity index (χ3v) is 8.36. The van der Waals surface area contributed by atoms with Crippen molar-refractivity contribution in [2.24, 2.45) is 0 Å². The number of halogens is 6. The molecule has 0 saturated heterocycles. The van der Waals surface area contributed by atoms with Crippen LogP contribution in [0.2, 0.25) is 0 Å². The second-order valence-electron chi connectivity index (χ2n) is 11.8. The van der Waals surface area contributed by atoms with Crippen LogP contribution >= 0.6 is 0 Å². The van der Waals surface area contributed by atoms with Crippen LogP contribution in [-0.4, -0.2) is 22.6 Å². The number of aromatic hydroxyl groups is 2. The van der Waals surface area contributed by atoms with Gasteiger partial charge in [0.2, 0.25) is 5.41 Å². The van der Waals surface area contributed by atoms with Gasteiger partial charge in [-0.25, -0.2) is 0 Å². The lowest BCUT2D eigenvalue weighted by Gasteiger charge is -2.41. The summed E-state index contributed by atoms with van der Waals surface area (Å²) < 4.78 is 91.5. The van der Waals surface area contributed by atoms with Gasteiger partial charge in [-0.1, -0.05) is 80.4 Å². The highest BCUT2D eigenvalue weighted by molar-refractivity contribution is 5.57. The molecule has 0 aromatic heterocycles. The largest absolute Gasteiger partial charge is 0.507 e. The maximum absolute atomic E-state index is 15.3. The fraction of sp³-hybridized carbons (Fsp3) is 0.613. The van der Waals surface area contributed by atoms with Crippen molar-refractivity contribution in [2.45, 2.75) is 123 Å². The molecule has 2 nitrogen and oxygen atoms in total. The van der Waals surface area contributed by atoms with E-state index in [1.54, 1.807) is 55.4 Å². The van der Waals surface area contributed by atoms with Crippen LogP contribution < -0.4 is 0 Å². The van der Waals surface area contributed by atoms with E-state index in [1.807, 2.05) is 0 Å². The first-order valence-corrected chi connectivity index (χ1v) is 13.6. The lowest BCUT2D eigenvalue weighted by Crippen LogP contribution is -2.55. The van der Waals surface area contributed by atoms with E-state index in [4.69, 9.17) is 0 Å². The summed E-state index contributed by atoms with van der Waals surface area (Å²) in [6.07, 6.45) is -9.73. The highest BCUT2D eigenvalue weighted by atomic mass is 19.4. The standard InChI is InChI=1S/C31H42F6O2/c1-9-13-19-15-21(17-23(25(19)38)27(5,6)11-3)29(30(32,33)34,31(35,36)37)22-16-20(14-10-2)26(39)24(18-22)28(7,8)12-4/h15-18,38-39H,9-14H2,1-8H3. The number of benzene rings is 2. The Morgan fingerprint density at radius 1 is 0.564 bits per heavy atom. The molecule has 0 unspecified atom stereocenters. The van der Waals surface area contributed by atoms with Gasteiger partial charge in [0.25, 0.3) is 0 Å². The van der Waals surface area contributed by atoms with Crippen LogP contribution in [0.25, 0.3) is 0 Å². The highest BCUT2D eigenvalue weighted by Crippen LogP contribution is 2.58. The third-order valence-electron chi connectivity index (χ3n) is 8.36. The molecule has 0 aliphatic carbocycles. The monoisotopic (exact) mass is 560 g/mol. The maximum Gasteiger partial charge on any atom is 0.411 e. The Bertz CT molecular complexity index is 1070. The molecule has 2 rings (SSSR count). The summed E-state index contributed by atoms with van der Waals surface area (Å²) in [5.74, 6) is -0.535. The summed E-state index contributed by atoms with van der Waals surface area (Å²) >= 11 is 0. The summed E-state index contributed by atoms with van der Waals surface area (Å²) in [5, 5.41) is 22.0. The van der Waals surface area contributed by atoms with Crippen LogP contribution in [0, 0.1) is 0 Å². The molecule has 0 aliphatic rings. The van der Waals surface area contributed by atoms with Gasteiger partial charge in [0.15, 0.2) is 0 Å². The zero-order valence-corrected chi connectivity index (χ0v) is 24.2. The van der Waals surface area contributed by atoms with Crippen molar-refractivity contribution in [1.29, 1.82) is 0 Å². The van der Waals surface area contributed by atoms with Crippen molar-refractivity contribution in [1.82, 2.24) is 0 Å². The molecule has 2 aromatic rings. The summed E-state index contributed by atoms with van der Waals surface area (Å²) in [6.45, 7) is 13.8. The molecule has 2 aromatic carbocycles. The van der Waals surface area contributed by atoms with E-state index in [2.05, 4.69) is 0 Å². The van der Waals surface area contributed by atoms with Gasteiger partial charge in [0.1, 0.15) is 11.5 Å². The Hall–Kier alpha value is -2.38. The van der Waals surface area contributed by atoms with E-state index in [1.165, 1.54) is 0 Å². The quantitative estimate of drug-likeness (QED) is 0.284. The molecular formula is C31H42F6O2. The van der Waals surface area contributed by atoms with Gasteiger partial charge in [-0.3, -0.25) is 0 Å². The van der Waals surface area contributed by atoms with Crippen LogP contribution in [0.5, 0.6) is 11.5 Å². The molecule has 8 heteroatoms. The van der Waals surface area contributed by atoms with Crippen molar-refractivity contribution >= 4 is 0 Å². The fourth-order valence-corrected chi connectivity index (χ4v) is 5.14. The first-order valence-electron chi connectivity index (χ1n) is 13.6. The van der Waals surface area contributed by atoms with Gasteiger partial charge in [-0.05, 0) is 70.9 Å². The molecule has 0 saturated carbocycles. The van der Waals surface area contributed by atoms with Gasteiger partial charge in [-0.2, -0.15) is 26.3 Å². The Morgan fingerprint density at radius 2 is 0.872 bits per heavy atom. The molecule has 0 amide bonds. The minimum Gasteiger partial charge on any atom is -0.507 e. The topological polar surface area (TPSA) is 40.5 Å². The van der Waals surface area contributed by atoms with Gasteiger partial charge >= 0.3 is 12.4 Å². The van der Waals surface area contributed by atoms with E-state index < -0.39 is 39.7 Å². The fourth-order valence-electron chi connectivity index (χ4n) is 5.14. The third kappa shape index (κ3) is 5.76. The highest BCUT2D eigenvalue weighted by Gasteiger charge is 2.73. The Kier molecular flexibility index (Phi) is 9.46. The number of aryl methyl sites for hydroxylation is 2. The van der Waals surface area contributed by atoms with Crippen LogP contribution in [0.3, 0.4) is 0 Å². The molecular weight excluding hydrogens is 518 g/mol. The molecule has 0 bridgehead atoms. The first-order chi connectivity index (χ1) is 17.8. The van der Waals surface area contributed by atoms with Crippen molar-refractivity contribution in [3.05, 3.63) is 57.6 Å². The molecule has 39 heavy (non-hydrogen) atoms. The maximum atomic E-state index is 15.3. The van der Waals surface area contributed by atoms with Crippen molar-refractivity contribution in [3.8, 4) is 11.5 Å². The number of hydrogen-bond acceptors (Lipinski definition) is 2. The van der Waals surface area contributed by atoms with Crippen LogP contribution in [0.15, 0.2) is 24.3 Å². The van der Waals surface area contributed by atoms with E-state index in [0.717, 1.165) is 24.3 Å². The van der Waals surface area contributed by atoms with Gasteiger partial charge in [-0.15, -0.1) is 0 Å². The second kappa shape index (κ2) is 11.2. The smallest absolute Gasteiger partial charge is 0.411 e. The summed E-state index contributed by atoms with van der Waals surface area (Å²) in [4.78, 5) is 0. The van der Waals surface area contributed by atoms with Crippen molar-refractivity contribution in [2.75, 3.05) is 0 Å². The number of rotatable bonds is 10. The van der Waals surface area contributed by atoms with E-state index >= 15 is 26.3 Å². The predicted molar refractivity (Wildman–Crippen MR) is 144 cm³/mol. The Morgan fingerprint density at radius 3 is 1.10 bits per heavy atom. The molecule has 0 atom stereocenters. The molecule has 0 fully saturated rings. The Balaban J connectivity index is 3.27. The molecule has 0 radical (unpaired) electrons. The second-order valence-corrected chi connectivity index (χ2v) is 11.8. The van der Waals surface area contributed by atoms with E-state index in [-0.39, 0.29) is 46.6 Å². The van der Waals surface area contributed by atoms with E-state index in [0.29, 0.717) is 25.7 Å². The molecule has 220 valence electrons. The van der Waals surface area contributed by atoms with E-state index in [9.17, 15) is 10.2 Å². The number of phenols is 2. The van der Waals surface area contributed by atoms with Crippen LogP contribution in [0.1, 0.15) is 114 Å². The zero-order valence-electron chi connectivity index (χ0n) is 24.2. The molecule has 0 heterocycles. The van der Waals surface area contributed by atoms with Gasteiger partial charge < -0.3 is 10.2 Å².